The van der Waals surface area contributed by atoms with Crippen LogP contribution in [0.25, 0.3) is 0 Å². The first-order chi connectivity index (χ1) is 9.88. The van der Waals surface area contributed by atoms with Gasteiger partial charge in [-0.25, -0.2) is 13.4 Å². The summed E-state index contributed by atoms with van der Waals surface area (Å²) in [5.74, 6) is 0.201. The normalized spacial score (nSPS) is 11.4. The monoisotopic (exact) mass is 306 g/mol. The third kappa shape index (κ3) is 4.54. The van der Waals surface area contributed by atoms with Gasteiger partial charge in [0.25, 0.3) is 0 Å². The standard InChI is InChI=1S/C15H18N2O3S/c1-11-7-12(2)16-15(8-11)17-21(19,20)10-14-5-3-13(9-18)4-6-14/h3-8,18H,9-10H2,1-2H3,(H,16,17). The van der Waals surface area contributed by atoms with E-state index < -0.39 is 10.0 Å². The lowest BCUT2D eigenvalue weighted by Crippen LogP contribution is -2.16. The van der Waals surface area contributed by atoms with Gasteiger partial charge in [0.05, 0.1) is 12.4 Å². The highest BCUT2D eigenvalue weighted by atomic mass is 32.2. The summed E-state index contributed by atoms with van der Waals surface area (Å²) in [6.07, 6.45) is 0. The van der Waals surface area contributed by atoms with Gasteiger partial charge in [0.15, 0.2) is 0 Å². The van der Waals surface area contributed by atoms with Gasteiger partial charge < -0.3 is 5.11 Å². The maximum Gasteiger partial charge on any atom is 0.238 e. The highest BCUT2D eigenvalue weighted by Gasteiger charge is 2.13. The SMILES string of the molecule is Cc1cc(C)nc(NS(=O)(=O)Cc2ccc(CO)cc2)c1. The molecule has 0 saturated carbocycles. The number of hydrogen-bond donors (Lipinski definition) is 2. The van der Waals surface area contributed by atoms with E-state index in [0.717, 1.165) is 16.8 Å². The van der Waals surface area contributed by atoms with Gasteiger partial charge in [-0.3, -0.25) is 4.72 Å². The van der Waals surface area contributed by atoms with E-state index in [-0.39, 0.29) is 12.4 Å². The Bertz CT molecular complexity index is 705. The molecule has 6 heteroatoms. The summed E-state index contributed by atoms with van der Waals surface area (Å²) in [7, 11) is -3.52. The number of aliphatic hydroxyl groups is 1. The van der Waals surface area contributed by atoms with Crippen molar-refractivity contribution in [3.8, 4) is 0 Å². The van der Waals surface area contributed by atoms with Crippen molar-refractivity contribution in [2.45, 2.75) is 26.2 Å². The lowest BCUT2D eigenvalue weighted by molar-refractivity contribution is 0.282. The molecule has 0 spiro atoms. The Kier molecular flexibility index (Phi) is 4.59. The van der Waals surface area contributed by atoms with Gasteiger partial charge in [0.2, 0.25) is 10.0 Å². The van der Waals surface area contributed by atoms with Crippen LogP contribution in [0.15, 0.2) is 36.4 Å². The molecule has 0 bridgehead atoms. The molecule has 2 N–H and O–H groups in total. The Morgan fingerprint density at radius 3 is 2.29 bits per heavy atom. The van der Waals surface area contributed by atoms with Crippen molar-refractivity contribution in [1.29, 1.82) is 0 Å². The molecule has 1 heterocycles. The van der Waals surface area contributed by atoms with Crippen molar-refractivity contribution < 1.29 is 13.5 Å². The molecule has 0 aliphatic carbocycles. The van der Waals surface area contributed by atoms with Crippen LogP contribution >= 0.6 is 0 Å². The van der Waals surface area contributed by atoms with Crippen molar-refractivity contribution in [1.82, 2.24) is 4.98 Å². The molecule has 0 atom stereocenters. The fraction of sp³-hybridized carbons (Fsp3) is 0.267. The lowest BCUT2D eigenvalue weighted by atomic mass is 10.2. The second-order valence-electron chi connectivity index (χ2n) is 5.01. The van der Waals surface area contributed by atoms with Crippen LogP contribution in [0, 0.1) is 13.8 Å². The highest BCUT2D eigenvalue weighted by molar-refractivity contribution is 7.91. The molecule has 2 rings (SSSR count). The Morgan fingerprint density at radius 2 is 1.71 bits per heavy atom. The molecule has 0 saturated heterocycles. The van der Waals surface area contributed by atoms with Crippen LogP contribution in [0.1, 0.15) is 22.4 Å². The Labute approximate surface area is 124 Å². The average Bonchev–Trinajstić information content (AvgIpc) is 2.37. The zero-order valence-corrected chi connectivity index (χ0v) is 12.8. The Balaban J connectivity index is 2.14. The van der Waals surface area contributed by atoms with E-state index in [1.807, 2.05) is 19.9 Å². The summed E-state index contributed by atoms with van der Waals surface area (Å²) in [4.78, 5) is 4.16. The molecule has 0 aliphatic rings. The van der Waals surface area contributed by atoms with Crippen LogP contribution in [0.4, 0.5) is 5.82 Å². The van der Waals surface area contributed by atoms with Crippen molar-refractivity contribution in [3.05, 3.63) is 58.8 Å². The number of rotatable bonds is 5. The maximum atomic E-state index is 12.1. The van der Waals surface area contributed by atoms with Crippen LogP contribution < -0.4 is 4.72 Å². The van der Waals surface area contributed by atoms with E-state index in [9.17, 15) is 8.42 Å². The van der Waals surface area contributed by atoms with E-state index in [0.29, 0.717) is 11.4 Å². The van der Waals surface area contributed by atoms with E-state index in [1.165, 1.54) is 0 Å². The third-order valence-electron chi connectivity index (χ3n) is 2.92. The van der Waals surface area contributed by atoms with Gasteiger partial charge in [-0.15, -0.1) is 0 Å². The maximum absolute atomic E-state index is 12.1. The van der Waals surface area contributed by atoms with Crippen LogP contribution in [0.2, 0.25) is 0 Å². The molecule has 1 aromatic heterocycles. The average molecular weight is 306 g/mol. The number of sulfonamides is 1. The van der Waals surface area contributed by atoms with E-state index in [2.05, 4.69) is 9.71 Å². The highest BCUT2D eigenvalue weighted by Crippen LogP contribution is 2.14. The zero-order valence-electron chi connectivity index (χ0n) is 12.0. The molecule has 0 amide bonds. The second kappa shape index (κ2) is 6.24. The minimum atomic E-state index is -3.52. The number of benzene rings is 1. The molecular formula is C15H18N2O3S. The van der Waals surface area contributed by atoms with Crippen LogP contribution in [0.3, 0.4) is 0 Å². The van der Waals surface area contributed by atoms with E-state index in [1.54, 1.807) is 30.3 Å². The second-order valence-corrected chi connectivity index (χ2v) is 6.73. The number of aryl methyl sites for hydroxylation is 2. The minimum Gasteiger partial charge on any atom is -0.392 e. The number of nitrogens with one attached hydrogen (secondary N) is 1. The Morgan fingerprint density at radius 1 is 1.10 bits per heavy atom. The molecule has 0 radical (unpaired) electrons. The summed E-state index contributed by atoms with van der Waals surface area (Å²) >= 11 is 0. The van der Waals surface area contributed by atoms with Crippen LogP contribution in [0.5, 0.6) is 0 Å². The van der Waals surface area contributed by atoms with Gasteiger partial charge in [-0.05, 0) is 42.7 Å². The van der Waals surface area contributed by atoms with Gasteiger partial charge in [-0.1, -0.05) is 24.3 Å². The first kappa shape index (κ1) is 15.5. The van der Waals surface area contributed by atoms with Crippen LogP contribution in [-0.2, 0) is 22.4 Å². The van der Waals surface area contributed by atoms with Crippen molar-refractivity contribution in [3.63, 3.8) is 0 Å². The predicted octanol–water partition coefficient (Wildman–Crippen LogP) is 2.13. The fourth-order valence-electron chi connectivity index (χ4n) is 2.05. The molecule has 0 fully saturated rings. The van der Waals surface area contributed by atoms with Gasteiger partial charge >= 0.3 is 0 Å². The topological polar surface area (TPSA) is 79.3 Å². The summed E-state index contributed by atoms with van der Waals surface area (Å²) in [6.45, 7) is 3.65. The van der Waals surface area contributed by atoms with Gasteiger partial charge in [-0.2, -0.15) is 0 Å². The molecule has 2 aromatic rings. The molecule has 1 aromatic carbocycles. The summed E-state index contributed by atoms with van der Waals surface area (Å²) in [5, 5.41) is 8.97. The fourth-order valence-corrected chi connectivity index (χ4v) is 3.18. The Hall–Kier alpha value is -1.92. The van der Waals surface area contributed by atoms with E-state index >= 15 is 0 Å². The van der Waals surface area contributed by atoms with Gasteiger partial charge in [0, 0.05) is 5.69 Å². The van der Waals surface area contributed by atoms with Gasteiger partial charge in [0.1, 0.15) is 5.82 Å². The summed E-state index contributed by atoms with van der Waals surface area (Å²) in [5.41, 5.74) is 3.12. The summed E-state index contributed by atoms with van der Waals surface area (Å²) < 4.78 is 26.8. The molecular weight excluding hydrogens is 288 g/mol. The molecule has 0 unspecified atom stereocenters. The first-order valence-corrected chi connectivity index (χ1v) is 8.18. The van der Waals surface area contributed by atoms with Crippen LogP contribution in [-0.4, -0.2) is 18.5 Å². The molecule has 21 heavy (non-hydrogen) atoms. The number of aliphatic hydroxyl groups excluding tert-OH is 1. The van der Waals surface area contributed by atoms with Crippen molar-refractivity contribution >= 4 is 15.8 Å². The number of anilines is 1. The number of aromatic nitrogens is 1. The number of hydrogen-bond acceptors (Lipinski definition) is 4. The molecule has 0 aliphatic heterocycles. The predicted molar refractivity (Wildman–Crippen MR) is 82.3 cm³/mol. The third-order valence-corrected chi connectivity index (χ3v) is 4.15. The smallest absolute Gasteiger partial charge is 0.238 e. The zero-order chi connectivity index (χ0) is 15.5. The lowest BCUT2D eigenvalue weighted by Gasteiger charge is -2.09. The quantitative estimate of drug-likeness (QED) is 0.887. The molecule has 112 valence electrons. The van der Waals surface area contributed by atoms with E-state index in [4.69, 9.17) is 5.11 Å². The number of nitrogens with zero attached hydrogens (tertiary/aromatic N) is 1. The molecule has 5 nitrogen and oxygen atoms in total. The number of pyridine rings is 1. The summed E-state index contributed by atoms with van der Waals surface area (Å²) in [6, 6.07) is 10.4. The minimum absolute atomic E-state index is 0.0578. The van der Waals surface area contributed by atoms with Crippen molar-refractivity contribution in [2.24, 2.45) is 0 Å². The van der Waals surface area contributed by atoms with Crippen molar-refractivity contribution in [2.75, 3.05) is 4.72 Å². The largest absolute Gasteiger partial charge is 0.392 e. The first-order valence-electron chi connectivity index (χ1n) is 6.52.